The molecule has 0 aromatic heterocycles. The van der Waals surface area contributed by atoms with E-state index in [0.717, 1.165) is 0 Å². The van der Waals surface area contributed by atoms with Gasteiger partial charge in [0.15, 0.2) is 0 Å². The Hall–Kier alpha value is 0.114. The first-order valence-electron chi connectivity index (χ1n) is 0.775. The van der Waals surface area contributed by atoms with Crippen LogP contribution in [0.1, 0.15) is 0 Å². The molecule has 0 aliphatic heterocycles. The predicted molar refractivity (Wildman–Crippen MR) is 21.0 cm³/mol. The third kappa shape index (κ3) is 1420. The SMILES string of the molecule is OB(O)O.[BeH2]. The van der Waals surface area contributed by atoms with E-state index in [1.54, 1.807) is 0 Å². The molecule has 0 aliphatic rings. The van der Waals surface area contributed by atoms with Gasteiger partial charge in [-0.05, 0) is 0 Å². The van der Waals surface area contributed by atoms with E-state index in [1.165, 1.54) is 0 Å². The molecule has 0 aromatic rings. The summed E-state index contributed by atoms with van der Waals surface area (Å²) in [7, 11) is -2.17. The Morgan fingerprint density at radius 2 is 1.00 bits per heavy atom. The van der Waals surface area contributed by atoms with Gasteiger partial charge in [-0.1, -0.05) is 0 Å². The Kier molecular flexibility index (Phi) is 7.34. The number of hydrogen-bond donors (Lipinski definition) is 3. The molecule has 0 spiro atoms. The molecule has 0 unspecified atom stereocenters. The van der Waals surface area contributed by atoms with Gasteiger partial charge in [-0.2, -0.15) is 0 Å². The van der Waals surface area contributed by atoms with Crippen molar-refractivity contribution in [3.8, 4) is 0 Å². The van der Waals surface area contributed by atoms with Crippen LogP contribution in [0.15, 0.2) is 0 Å². The van der Waals surface area contributed by atoms with Gasteiger partial charge in [0.05, 0.1) is 0 Å². The van der Waals surface area contributed by atoms with Gasteiger partial charge in [0.25, 0.3) is 0 Å². The van der Waals surface area contributed by atoms with Gasteiger partial charge in [-0.25, -0.2) is 0 Å². The van der Waals surface area contributed by atoms with E-state index < -0.39 is 7.32 Å². The molecule has 0 aromatic carbocycles. The van der Waals surface area contributed by atoms with Gasteiger partial charge in [-0.3, -0.25) is 0 Å². The fraction of sp³-hybridized carbons (Fsp3) is 0. The fourth-order valence-electron chi connectivity index (χ4n) is 0. The molecule has 0 bridgehead atoms. The van der Waals surface area contributed by atoms with Gasteiger partial charge < -0.3 is 15.1 Å². The first kappa shape index (κ1) is 8.93. The average molecular weight is 72.9 g/mol. The molecule has 0 radical (unpaired) electrons. The van der Waals surface area contributed by atoms with Crippen molar-refractivity contribution < 1.29 is 15.1 Å². The van der Waals surface area contributed by atoms with Crippen molar-refractivity contribution in [1.82, 2.24) is 0 Å². The Morgan fingerprint density at radius 1 is 1.00 bits per heavy atom. The third-order valence-electron chi connectivity index (χ3n) is 0. The van der Waals surface area contributed by atoms with E-state index in [9.17, 15) is 0 Å². The average Bonchev–Trinajstić information content (AvgIpc) is 0.811. The summed E-state index contributed by atoms with van der Waals surface area (Å²) in [5.41, 5.74) is 0. The molecule has 0 atom stereocenters. The quantitative estimate of drug-likeness (QED) is 0.268. The monoisotopic (exact) mass is 73.0 g/mol. The molecule has 0 fully saturated rings. The normalized spacial score (nSPS) is 5.40. The van der Waals surface area contributed by atoms with Gasteiger partial charge in [0, 0.05) is 0 Å². The number of hydrogen-bond acceptors (Lipinski definition) is 3. The van der Waals surface area contributed by atoms with Crippen molar-refractivity contribution >= 4 is 17.4 Å². The molecule has 0 rings (SSSR count). The van der Waals surface area contributed by atoms with E-state index in [2.05, 4.69) is 0 Å². The summed E-state index contributed by atoms with van der Waals surface area (Å²) < 4.78 is 0. The first-order valence-corrected chi connectivity index (χ1v) is 0.775. The van der Waals surface area contributed by atoms with Crippen LogP contribution in [0.4, 0.5) is 0 Å². The summed E-state index contributed by atoms with van der Waals surface area (Å²) in [6.07, 6.45) is 0. The zero-order chi connectivity index (χ0) is 3.58. The molecule has 5 heavy (non-hydrogen) atoms. The molecule has 3 N–H and O–H groups in total. The Morgan fingerprint density at radius 3 is 1.00 bits per heavy atom. The fourth-order valence-corrected chi connectivity index (χ4v) is 0. The summed E-state index contributed by atoms with van der Waals surface area (Å²) >= 11 is 0. The summed E-state index contributed by atoms with van der Waals surface area (Å²) in [6, 6.07) is 0. The maximum absolute atomic E-state index is 7.17. The Labute approximate surface area is 33.6 Å². The van der Waals surface area contributed by atoms with Gasteiger partial charge in [0.1, 0.15) is 0 Å². The van der Waals surface area contributed by atoms with Gasteiger partial charge in [-0.15, -0.1) is 0 Å². The third-order valence-corrected chi connectivity index (χ3v) is 0. The van der Waals surface area contributed by atoms with Crippen molar-refractivity contribution in [1.29, 1.82) is 0 Å². The summed E-state index contributed by atoms with van der Waals surface area (Å²) in [6.45, 7) is 0. The summed E-state index contributed by atoms with van der Waals surface area (Å²) in [5.74, 6) is 0. The minimum absolute atomic E-state index is 0. The Balaban J connectivity index is 0. The van der Waals surface area contributed by atoms with E-state index in [-0.39, 0.29) is 10.1 Å². The van der Waals surface area contributed by atoms with Crippen LogP contribution in [0.25, 0.3) is 0 Å². The predicted octanol–water partition coefficient (Wildman–Crippen LogP) is -2.97. The molecule has 0 saturated carbocycles. The summed E-state index contributed by atoms with van der Waals surface area (Å²) in [5, 5.41) is 21.5. The van der Waals surface area contributed by atoms with Crippen molar-refractivity contribution in [2.75, 3.05) is 0 Å². The maximum atomic E-state index is 7.17. The van der Waals surface area contributed by atoms with Crippen LogP contribution in [-0.4, -0.2) is 32.5 Å². The topological polar surface area (TPSA) is 60.7 Å². The van der Waals surface area contributed by atoms with Gasteiger partial charge >= 0.3 is 17.4 Å². The van der Waals surface area contributed by atoms with E-state index >= 15 is 0 Å². The van der Waals surface area contributed by atoms with Crippen LogP contribution in [0.5, 0.6) is 0 Å². The molecule has 5 heteroatoms. The molecule has 0 saturated heterocycles. The molecule has 28 valence electrons. The molecule has 0 heterocycles. The van der Waals surface area contributed by atoms with Gasteiger partial charge in [0.2, 0.25) is 0 Å². The molecule has 3 nitrogen and oxygen atoms in total. The molecule has 0 aliphatic carbocycles. The molecule has 0 amide bonds. The second-order valence-electron chi connectivity index (χ2n) is 0.346. The summed E-state index contributed by atoms with van der Waals surface area (Å²) in [4.78, 5) is 0. The van der Waals surface area contributed by atoms with Crippen molar-refractivity contribution in [3.63, 3.8) is 0 Å². The van der Waals surface area contributed by atoms with Crippen LogP contribution < -0.4 is 0 Å². The van der Waals surface area contributed by atoms with Crippen LogP contribution in [0, 0.1) is 0 Å². The van der Waals surface area contributed by atoms with Crippen LogP contribution in [0.3, 0.4) is 0 Å². The van der Waals surface area contributed by atoms with E-state index in [1.807, 2.05) is 0 Å². The number of rotatable bonds is 0. The van der Waals surface area contributed by atoms with Crippen LogP contribution in [0.2, 0.25) is 0 Å². The van der Waals surface area contributed by atoms with Crippen molar-refractivity contribution in [3.05, 3.63) is 0 Å². The molecular weight excluding hydrogens is 67.8 g/mol. The Bertz CT molecular complexity index is 11.6. The zero-order valence-electron chi connectivity index (χ0n) is 1.92. The molecular formula is H5BBeO3. The second kappa shape index (κ2) is 4.11. The van der Waals surface area contributed by atoms with Crippen LogP contribution >= 0.6 is 0 Å². The first-order chi connectivity index (χ1) is 1.73. The second-order valence-corrected chi connectivity index (χ2v) is 0.346. The van der Waals surface area contributed by atoms with E-state index in [4.69, 9.17) is 15.1 Å². The zero-order valence-corrected chi connectivity index (χ0v) is 1.92. The van der Waals surface area contributed by atoms with E-state index in [0.29, 0.717) is 0 Å². The van der Waals surface area contributed by atoms with Crippen molar-refractivity contribution in [2.24, 2.45) is 0 Å². The standard InChI is InChI=1S/BH3O3.Be.2H/c2-1(3)4;;;/h2-4H;;;. The minimum atomic E-state index is -2.17. The van der Waals surface area contributed by atoms with Crippen LogP contribution in [-0.2, 0) is 0 Å². The van der Waals surface area contributed by atoms with Crippen molar-refractivity contribution in [2.45, 2.75) is 0 Å².